The molecule has 8 nitrogen and oxygen atoms in total. The summed E-state index contributed by atoms with van der Waals surface area (Å²) in [5.41, 5.74) is 0.0749. The topological polar surface area (TPSA) is 112 Å². The Balaban J connectivity index is 2.57. The predicted molar refractivity (Wildman–Crippen MR) is 73.2 cm³/mol. The minimum absolute atomic E-state index is 0.0713. The van der Waals surface area contributed by atoms with Gasteiger partial charge in [0, 0.05) is 20.2 Å². The number of carbonyl (C=O) groups is 2. The van der Waals surface area contributed by atoms with Gasteiger partial charge in [0.25, 0.3) is 0 Å². The highest BCUT2D eigenvalue weighted by Gasteiger charge is 2.16. The summed E-state index contributed by atoms with van der Waals surface area (Å²) in [5.74, 6) is -0.428. The van der Waals surface area contributed by atoms with Gasteiger partial charge in [-0.1, -0.05) is 0 Å². The summed E-state index contributed by atoms with van der Waals surface area (Å²) in [6, 6.07) is 0.996. The van der Waals surface area contributed by atoms with E-state index in [0.29, 0.717) is 24.7 Å². The number of rotatable bonds is 8. The Bertz CT molecular complexity index is 485. The number of hydrogen-bond donors (Lipinski definition) is 3. The number of methoxy groups -OCH3 is 1. The molecule has 0 aliphatic rings. The summed E-state index contributed by atoms with van der Waals surface area (Å²) in [5, 5.41) is 20.4. The van der Waals surface area contributed by atoms with E-state index in [-0.39, 0.29) is 31.3 Å². The van der Waals surface area contributed by atoms with Crippen molar-refractivity contribution in [1.82, 2.24) is 10.2 Å². The maximum absolute atomic E-state index is 11.9. The van der Waals surface area contributed by atoms with Crippen LogP contribution in [0.4, 0.5) is 4.79 Å². The van der Waals surface area contributed by atoms with Crippen LogP contribution >= 0.6 is 0 Å². The molecular formula is C13H20N2O6. The maximum atomic E-state index is 11.9. The molecule has 0 aliphatic carbocycles. The van der Waals surface area contributed by atoms with E-state index in [2.05, 4.69) is 5.32 Å². The first kappa shape index (κ1) is 17.0. The van der Waals surface area contributed by atoms with E-state index in [1.165, 1.54) is 18.1 Å². The van der Waals surface area contributed by atoms with Crippen molar-refractivity contribution in [3.63, 3.8) is 0 Å². The average molecular weight is 300 g/mol. The molecule has 1 heterocycles. The van der Waals surface area contributed by atoms with E-state index in [1.807, 2.05) is 0 Å². The minimum Gasteiger partial charge on any atom is -0.478 e. The molecule has 0 bridgehead atoms. The van der Waals surface area contributed by atoms with Gasteiger partial charge in [0.1, 0.15) is 17.1 Å². The number of amides is 2. The summed E-state index contributed by atoms with van der Waals surface area (Å²) in [6.07, 6.45) is 0. The van der Waals surface area contributed by atoms with Crippen LogP contribution in [0.3, 0.4) is 0 Å². The minimum atomic E-state index is -1.07. The summed E-state index contributed by atoms with van der Waals surface area (Å²) in [7, 11) is 1.52. The third-order valence-electron chi connectivity index (χ3n) is 2.84. The SMILES string of the molecule is COCCN(CCO)C(=O)NCc1cc(C(=O)O)c(C)o1. The zero-order chi connectivity index (χ0) is 15.8. The van der Waals surface area contributed by atoms with Crippen LogP contribution in [0.1, 0.15) is 21.9 Å². The van der Waals surface area contributed by atoms with Crippen LogP contribution in [0.2, 0.25) is 0 Å². The molecule has 0 aromatic carbocycles. The van der Waals surface area contributed by atoms with Crippen molar-refractivity contribution >= 4 is 12.0 Å². The van der Waals surface area contributed by atoms with Gasteiger partial charge in [-0.25, -0.2) is 9.59 Å². The monoisotopic (exact) mass is 300 g/mol. The van der Waals surface area contributed by atoms with Crippen molar-refractivity contribution in [2.75, 3.05) is 33.4 Å². The summed E-state index contributed by atoms with van der Waals surface area (Å²) < 4.78 is 10.1. The van der Waals surface area contributed by atoms with Crippen LogP contribution in [0, 0.1) is 6.92 Å². The van der Waals surface area contributed by atoms with E-state index < -0.39 is 5.97 Å². The number of nitrogens with zero attached hydrogens (tertiary/aromatic N) is 1. The van der Waals surface area contributed by atoms with E-state index >= 15 is 0 Å². The fourth-order valence-electron chi connectivity index (χ4n) is 1.75. The standard InChI is InChI=1S/C13H20N2O6/c1-9-11(12(17)18)7-10(21-9)8-14-13(19)15(3-5-16)4-6-20-2/h7,16H,3-6,8H2,1-2H3,(H,14,19)(H,17,18). The zero-order valence-electron chi connectivity index (χ0n) is 12.1. The van der Waals surface area contributed by atoms with Gasteiger partial charge in [0.15, 0.2) is 0 Å². The molecular weight excluding hydrogens is 280 g/mol. The molecule has 8 heteroatoms. The molecule has 0 aliphatic heterocycles. The molecule has 118 valence electrons. The molecule has 0 spiro atoms. The second kappa shape index (κ2) is 8.28. The fraction of sp³-hybridized carbons (Fsp3) is 0.538. The quantitative estimate of drug-likeness (QED) is 0.642. The molecule has 3 N–H and O–H groups in total. The predicted octanol–water partition coefficient (Wildman–Crippen LogP) is 0.437. The number of ether oxygens (including phenoxy) is 1. The van der Waals surface area contributed by atoms with Crippen molar-refractivity contribution in [3.05, 3.63) is 23.2 Å². The zero-order valence-corrected chi connectivity index (χ0v) is 12.1. The molecule has 1 rings (SSSR count). The number of hydrogen-bond acceptors (Lipinski definition) is 5. The molecule has 0 saturated carbocycles. The Morgan fingerprint density at radius 2 is 2.14 bits per heavy atom. The summed E-state index contributed by atoms with van der Waals surface area (Å²) in [4.78, 5) is 24.2. The summed E-state index contributed by atoms with van der Waals surface area (Å²) in [6.45, 7) is 2.36. The van der Waals surface area contributed by atoms with Gasteiger partial charge in [0.2, 0.25) is 0 Å². The summed E-state index contributed by atoms with van der Waals surface area (Å²) >= 11 is 0. The Labute approximate surface area is 122 Å². The normalized spacial score (nSPS) is 10.4. The number of aliphatic hydroxyl groups is 1. The van der Waals surface area contributed by atoms with Crippen LogP contribution in [-0.4, -0.2) is 60.5 Å². The second-order valence-corrected chi connectivity index (χ2v) is 4.35. The number of nitrogens with one attached hydrogen (secondary N) is 1. The second-order valence-electron chi connectivity index (χ2n) is 4.35. The molecule has 2 amide bonds. The number of aromatic carboxylic acids is 1. The molecule has 1 aromatic heterocycles. The number of aliphatic hydroxyl groups excluding tert-OH is 1. The first-order valence-electron chi connectivity index (χ1n) is 6.44. The third kappa shape index (κ3) is 5.09. The lowest BCUT2D eigenvalue weighted by Gasteiger charge is -2.21. The Morgan fingerprint density at radius 3 is 2.67 bits per heavy atom. The van der Waals surface area contributed by atoms with E-state index in [9.17, 15) is 9.59 Å². The number of carboxylic acids is 1. The third-order valence-corrected chi connectivity index (χ3v) is 2.84. The van der Waals surface area contributed by atoms with Crippen LogP contribution < -0.4 is 5.32 Å². The number of urea groups is 1. The Morgan fingerprint density at radius 1 is 1.43 bits per heavy atom. The van der Waals surface area contributed by atoms with Crippen molar-refractivity contribution in [2.45, 2.75) is 13.5 Å². The van der Waals surface area contributed by atoms with Gasteiger partial charge in [-0.2, -0.15) is 0 Å². The highest BCUT2D eigenvalue weighted by molar-refractivity contribution is 5.88. The number of carboxylic acid groups (broad SMARTS) is 1. The number of furan rings is 1. The van der Waals surface area contributed by atoms with E-state index in [0.717, 1.165) is 0 Å². The molecule has 0 fully saturated rings. The molecule has 0 unspecified atom stereocenters. The molecule has 21 heavy (non-hydrogen) atoms. The smallest absolute Gasteiger partial charge is 0.339 e. The lowest BCUT2D eigenvalue weighted by molar-refractivity contribution is 0.0695. The molecule has 0 radical (unpaired) electrons. The van der Waals surface area contributed by atoms with Crippen molar-refractivity contribution in [3.8, 4) is 0 Å². The van der Waals surface area contributed by atoms with Crippen LogP contribution in [-0.2, 0) is 11.3 Å². The molecule has 0 saturated heterocycles. The van der Waals surface area contributed by atoms with Gasteiger partial charge in [0.05, 0.1) is 19.8 Å². The van der Waals surface area contributed by atoms with Gasteiger partial charge in [-0.05, 0) is 13.0 Å². The first-order valence-corrected chi connectivity index (χ1v) is 6.44. The average Bonchev–Trinajstić information content (AvgIpc) is 2.82. The Hall–Kier alpha value is -2.06. The van der Waals surface area contributed by atoms with E-state index in [1.54, 1.807) is 6.92 Å². The largest absolute Gasteiger partial charge is 0.478 e. The van der Waals surface area contributed by atoms with Gasteiger partial charge >= 0.3 is 12.0 Å². The first-order chi connectivity index (χ1) is 9.99. The van der Waals surface area contributed by atoms with Crippen LogP contribution in [0.5, 0.6) is 0 Å². The lowest BCUT2D eigenvalue weighted by Crippen LogP contribution is -2.42. The van der Waals surface area contributed by atoms with Crippen molar-refractivity contribution in [2.24, 2.45) is 0 Å². The van der Waals surface area contributed by atoms with Crippen molar-refractivity contribution < 1.29 is 29.0 Å². The van der Waals surface area contributed by atoms with Crippen LogP contribution in [0.25, 0.3) is 0 Å². The number of carbonyl (C=O) groups excluding carboxylic acids is 1. The number of aryl methyl sites for hydroxylation is 1. The highest BCUT2D eigenvalue weighted by Crippen LogP contribution is 2.14. The highest BCUT2D eigenvalue weighted by atomic mass is 16.5. The Kier molecular flexibility index (Phi) is 6.70. The van der Waals surface area contributed by atoms with Gasteiger partial charge in [-0.15, -0.1) is 0 Å². The van der Waals surface area contributed by atoms with Crippen molar-refractivity contribution in [1.29, 1.82) is 0 Å². The van der Waals surface area contributed by atoms with E-state index in [4.69, 9.17) is 19.4 Å². The lowest BCUT2D eigenvalue weighted by atomic mass is 10.2. The molecule has 1 aromatic rings. The van der Waals surface area contributed by atoms with Gasteiger partial charge < -0.3 is 29.6 Å². The molecule has 0 atom stereocenters. The maximum Gasteiger partial charge on any atom is 0.339 e. The van der Waals surface area contributed by atoms with Crippen LogP contribution in [0.15, 0.2) is 10.5 Å². The van der Waals surface area contributed by atoms with Gasteiger partial charge in [-0.3, -0.25) is 0 Å². The fourth-order valence-corrected chi connectivity index (χ4v) is 1.75.